The quantitative estimate of drug-likeness (QED) is 0.732. The van der Waals surface area contributed by atoms with Crippen molar-refractivity contribution in [3.05, 3.63) is 0 Å². The van der Waals surface area contributed by atoms with Gasteiger partial charge in [0.25, 0.3) is 0 Å². The Morgan fingerprint density at radius 2 is 1.17 bits per heavy atom. The van der Waals surface area contributed by atoms with Gasteiger partial charge in [0.2, 0.25) is 0 Å². The van der Waals surface area contributed by atoms with Gasteiger partial charge in [-0.15, -0.1) is 0 Å². The van der Waals surface area contributed by atoms with Crippen LogP contribution >= 0.6 is 0 Å². The summed E-state index contributed by atoms with van der Waals surface area (Å²) in [5, 5.41) is 6.52. The summed E-state index contributed by atoms with van der Waals surface area (Å²) < 4.78 is 11.1. The Kier molecular flexibility index (Phi) is 4.12. The predicted molar refractivity (Wildman–Crippen MR) is 68.6 cm³/mol. The lowest BCUT2D eigenvalue weighted by Gasteiger charge is -2.37. The van der Waals surface area contributed by atoms with E-state index in [9.17, 15) is 4.79 Å². The van der Waals surface area contributed by atoms with Gasteiger partial charge in [0.05, 0.1) is 0 Å². The first kappa shape index (κ1) is 13.6. The van der Waals surface area contributed by atoms with Crippen LogP contribution in [0, 0.1) is 0 Å². The Balaban J connectivity index is 1.83. The average Bonchev–Trinajstić information content (AvgIpc) is 2.29. The second kappa shape index (κ2) is 5.45. The SMILES string of the molecule is CC1(OC(=O)OC2(C)CCNCC2)CCNCC1. The third kappa shape index (κ3) is 3.59. The van der Waals surface area contributed by atoms with Gasteiger partial charge in [-0.05, 0) is 65.7 Å². The topological polar surface area (TPSA) is 59.6 Å². The second-order valence-electron chi connectivity index (χ2n) is 5.85. The summed E-state index contributed by atoms with van der Waals surface area (Å²) in [6.45, 7) is 7.55. The molecule has 104 valence electrons. The Morgan fingerprint density at radius 3 is 1.50 bits per heavy atom. The predicted octanol–water partition coefficient (Wildman–Crippen LogP) is 1.42. The highest BCUT2D eigenvalue weighted by atomic mass is 16.7. The van der Waals surface area contributed by atoms with E-state index in [1.807, 2.05) is 13.8 Å². The highest BCUT2D eigenvalue weighted by molar-refractivity contribution is 5.61. The van der Waals surface area contributed by atoms with Crippen LogP contribution in [0.2, 0.25) is 0 Å². The first-order valence-corrected chi connectivity index (χ1v) is 6.85. The number of nitrogens with one attached hydrogen (secondary N) is 2. The van der Waals surface area contributed by atoms with Gasteiger partial charge in [0.1, 0.15) is 11.2 Å². The molecule has 0 amide bonds. The second-order valence-corrected chi connectivity index (χ2v) is 5.85. The molecule has 0 aromatic heterocycles. The zero-order valence-corrected chi connectivity index (χ0v) is 11.4. The molecule has 0 aromatic carbocycles. The summed E-state index contributed by atoms with van der Waals surface area (Å²) in [6, 6.07) is 0. The molecule has 5 heteroatoms. The Morgan fingerprint density at radius 1 is 0.833 bits per heavy atom. The molecule has 2 aliphatic rings. The average molecular weight is 256 g/mol. The summed E-state index contributed by atoms with van der Waals surface area (Å²) in [6.07, 6.45) is 2.88. The number of rotatable bonds is 2. The molecular weight excluding hydrogens is 232 g/mol. The lowest BCUT2D eigenvalue weighted by Crippen LogP contribution is -2.46. The summed E-state index contributed by atoms with van der Waals surface area (Å²) >= 11 is 0. The summed E-state index contributed by atoms with van der Waals surface area (Å²) in [5.74, 6) is 0. The molecular formula is C13H24N2O3. The molecule has 18 heavy (non-hydrogen) atoms. The van der Waals surface area contributed by atoms with E-state index >= 15 is 0 Å². The fourth-order valence-electron chi connectivity index (χ4n) is 2.54. The van der Waals surface area contributed by atoms with Gasteiger partial charge >= 0.3 is 6.16 Å². The zero-order chi connectivity index (χ0) is 13.1. The molecule has 2 N–H and O–H groups in total. The highest BCUT2D eigenvalue weighted by Gasteiger charge is 2.36. The minimum Gasteiger partial charge on any atom is -0.428 e. The molecule has 0 bridgehead atoms. The molecule has 2 fully saturated rings. The van der Waals surface area contributed by atoms with Gasteiger partial charge in [-0.1, -0.05) is 0 Å². The molecule has 0 aromatic rings. The zero-order valence-electron chi connectivity index (χ0n) is 11.4. The lowest BCUT2D eigenvalue weighted by molar-refractivity contribution is -0.0862. The van der Waals surface area contributed by atoms with Gasteiger partial charge in [0.15, 0.2) is 0 Å². The van der Waals surface area contributed by atoms with E-state index in [4.69, 9.17) is 9.47 Å². The number of piperidine rings is 2. The van der Waals surface area contributed by atoms with Crippen LogP contribution in [0.15, 0.2) is 0 Å². The van der Waals surface area contributed by atoms with E-state index in [1.165, 1.54) is 0 Å². The normalized spacial score (nSPS) is 26.3. The third-order valence-electron chi connectivity index (χ3n) is 3.98. The third-order valence-corrected chi connectivity index (χ3v) is 3.98. The van der Waals surface area contributed by atoms with E-state index in [2.05, 4.69) is 10.6 Å². The van der Waals surface area contributed by atoms with Gasteiger partial charge in [-0.2, -0.15) is 0 Å². The highest BCUT2D eigenvalue weighted by Crippen LogP contribution is 2.27. The van der Waals surface area contributed by atoms with E-state index in [-0.39, 0.29) is 11.2 Å². The van der Waals surface area contributed by atoms with E-state index in [0.717, 1.165) is 51.9 Å². The minimum atomic E-state index is -0.510. The monoisotopic (exact) mass is 256 g/mol. The maximum absolute atomic E-state index is 11.9. The molecule has 2 saturated heterocycles. The van der Waals surface area contributed by atoms with Crippen LogP contribution < -0.4 is 10.6 Å². The molecule has 5 nitrogen and oxygen atoms in total. The number of ether oxygens (including phenoxy) is 2. The van der Waals surface area contributed by atoms with Crippen LogP contribution in [0.1, 0.15) is 39.5 Å². The van der Waals surface area contributed by atoms with Gasteiger partial charge < -0.3 is 20.1 Å². The standard InChI is InChI=1S/C13H24N2O3/c1-12(3-7-14-8-4-12)17-11(16)18-13(2)5-9-15-10-6-13/h14-15H,3-10H2,1-2H3. The van der Waals surface area contributed by atoms with Gasteiger partial charge in [-0.25, -0.2) is 4.79 Å². The van der Waals surface area contributed by atoms with Crippen LogP contribution in [0.25, 0.3) is 0 Å². The Hall–Kier alpha value is -0.810. The summed E-state index contributed by atoms with van der Waals surface area (Å²) in [7, 11) is 0. The molecule has 0 atom stereocenters. The van der Waals surface area contributed by atoms with E-state index in [0.29, 0.717) is 0 Å². The smallest absolute Gasteiger partial charge is 0.428 e. The Bertz CT molecular complexity index is 267. The maximum atomic E-state index is 11.9. The number of hydrogen-bond donors (Lipinski definition) is 2. The largest absolute Gasteiger partial charge is 0.509 e. The summed E-state index contributed by atoms with van der Waals surface area (Å²) in [4.78, 5) is 11.9. The first-order valence-electron chi connectivity index (χ1n) is 6.85. The van der Waals surface area contributed by atoms with Crippen LogP contribution in [0.3, 0.4) is 0 Å². The van der Waals surface area contributed by atoms with Crippen molar-refractivity contribution in [3.63, 3.8) is 0 Å². The van der Waals surface area contributed by atoms with Crippen molar-refractivity contribution in [2.24, 2.45) is 0 Å². The van der Waals surface area contributed by atoms with Crippen LogP contribution in [-0.2, 0) is 9.47 Å². The van der Waals surface area contributed by atoms with Gasteiger partial charge in [-0.3, -0.25) is 0 Å². The fourth-order valence-corrected chi connectivity index (χ4v) is 2.54. The molecule has 0 saturated carbocycles. The first-order chi connectivity index (χ1) is 8.52. The maximum Gasteiger partial charge on any atom is 0.509 e. The molecule has 0 aliphatic carbocycles. The van der Waals surface area contributed by atoms with Crippen LogP contribution in [0.5, 0.6) is 0 Å². The molecule has 0 radical (unpaired) electrons. The number of carbonyl (C=O) groups is 1. The number of carbonyl (C=O) groups excluding carboxylic acids is 1. The van der Waals surface area contributed by atoms with Crippen LogP contribution in [-0.4, -0.2) is 43.5 Å². The molecule has 0 spiro atoms. The van der Waals surface area contributed by atoms with Crippen molar-refractivity contribution in [3.8, 4) is 0 Å². The van der Waals surface area contributed by atoms with Crippen molar-refractivity contribution in [1.82, 2.24) is 10.6 Å². The van der Waals surface area contributed by atoms with E-state index < -0.39 is 6.16 Å². The Labute approximate surface area is 109 Å². The van der Waals surface area contributed by atoms with Crippen molar-refractivity contribution in [2.45, 2.75) is 50.7 Å². The molecule has 2 heterocycles. The van der Waals surface area contributed by atoms with Crippen molar-refractivity contribution >= 4 is 6.16 Å². The fraction of sp³-hybridized carbons (Fsp3) is 0.923. The van der Waals surface area contributed by atoms with Gasteiger partial charge in [0, 0.05) is 0 Å². The van der Waals surface area contributed by atoms with Crippen molar-refractivity contribution < 1.29 is 14.3 Å². The molecule has 2 aliphatic heterocycles. The lowest BCUT2D eigenvalue weighted by atomic mass is 9.94. The van der Waals surface area contributed by atoms with Crippen molar-refractivity contribution in [2.75, 3.05) is 26.2 Å². The number of hydrogen-bond acceptors (Lipinski definition) is 5. The molecule has 0 unspecified atom stereocenters. The van der Waals surface area contributed by atoms with E-state index in [1.54, 1.807) is 0 Å². The van der Waals surface area contributed by atoms with Crippen molar-refractivity contribution in [1.29, 1.82) is 0 Å². The minimum absolute atomic E-state index is 0.369. The van der Waals surface area contributed by atoms with Crippen LogP contribution in [0.4, 0.5) is 4.79 Å². The summed E-state index contributed by atoms with van der Waals surface area (Å²) in [5.41, 5.74) is -0.739. The molecule has 2 rings (SSSR count).